The van der Waals surface area contributed by atoms with Crippen LogP contribution in [0.15, 0.2) is 90.0 Å². The fourth-order valence-electron chi connectivity index (χ4n) is 3.78. The van der Waals surface area contributed by atoms with Gasteiger partial charge < -0.3 is 10.6 Å². The third-order valence-electron chi connectivity index (χ3n) is 5.66. The molecule has 0 saturated carbocycles. The largest absolute Gasteiger partial charge is 0.321 e. The number of pyridine rings is 1. The van der Waals surface area contributed by atoms with Gasteiger partial charge in [0.05, 0.1) is 36.9 Å². The lowest BCUT2D eigenvalue weighted by Gasteiger charge is -2.15. The van der Waals surface area contributed by atoms with Gasteiger partial charge in [0.1, 0.15) is 12.2 Å². The van der Waals surface area contributed by atoms with Crippen LogP contribution in [0.5, 0.6) is 0 Å². The maximum atomic E-state index is 13.2. The van der Waals surface area contributed by atoms with Gasteiger partial charge in [-0.3, -0.25) is 19.1 Å². The van der Waals surface area contributed by atoms with Gasteiger partial charge in [-0.05, 0) is 65.5 Å². The number of carbonyl (C=O) groups is 3. The van der Waals surface area contributed by atoms with E-state index in [1.54, 1.807) is 66.7 Å². The zero-order chi connectivity index (χ0) is 29.6. The molecule has 0 aliphatic carbocycles. The van der Waals surface area contributed by atoms with E-state index < -0.39 is 33.9 Å². The summed E-state index contributed by atoms with van der Waals surface area (Å²) >= 11 is 12.0. The van der Waals surface area contributed by atoms with Gasteiger partial charge in [-0.15, -0.1) is 0 Å². The Kier molecular flexibility index (Phi) is 9.04. The number of hydrogen-bond acceptors (Lipinski definition) is 6. The first-order valence-electron chi connectivity index (χ1n) is 11.9. The Bertz CT molecular complexity index is 1790. The lowest BCUT2D eigenvalue weighted by Crippen LogP contribution is -2.30. The van der Waals surface area contributed by atoms with Crippen LogP contribution in [0.4, 0.5) is 11.5 Å². The number of rotatable bonds is 8. The molecule has 0 fully saturated rings. The maximum absolute atomic E-state index is 13.2. The molecule has 9 nitrogen and oxygen atoms in total. The van der Waals surface area contributed by atoms with Crippen molar-refractivity contribution in [2.75, 3.05) is 10.6 Å². The van der Waals surface area contributed by atoms with Crippen LogP contribution in [0, 0.1) is 11.3 Å². The van der Waals surface area contributed by atoms with Crippen LogP contribution in [0.2, 0.25) is 10.0 Å². The van der Waals surface area contributed by atoms with Crippen LogP contribution in [0.3, 0.4) is 0 Å². The molecule has 1 atom stereocenters. The predicted octanol–water partition coefficient (Wildman–Crippen LogP) is 5.58. The number of nitrogens with one attached hydrogen (secondary N) is 3. The van der Waals surface area contributed by atoms with Gasteiger partial charge in [0.15, 0.2) is 0 Å². The highest BCUT2D eigenvalue weighted by atomic mass is 35.5. The summed E-state index contributed by atoms with van der Waals surface area (Å²) in [7, 11) is -3.26. The van der Waals surface area contributed by atoms with Crippen molar-refractivity contribution in [3.8, 4) is 17.2 Å². The van der Waals surface area contributed by atoms with Gasteiger partial charge in [-0.1, -0.05) is 53.5 Å². The molecule has 3 aromatic carbocycles. The molecule has 1 aromatic heterocycles. The normalized spacial score (nSPS) is 11.9. The summed E-state index contributed by atoms with van der Waals surface area (Å²) in [6.45, 7) is 0. The lowest BCUT2D eigenvalue weighted by atomic mass is 10.0. The van der Waals surface area contributed by atoms with E-state index in [0.717, 1.165) is 0 Å². The molecule has 0 aliphatic heterocycles. The molecule has 206 valence electrons. The maximum Gasteiger partial charge on any atom is 0.258 e. The van der Waals surface area contributed by atoms with Gasteiger partial charge >= 0.3 is 0 Å². The Morgan fingerprint density at radius 2 is 1.61 bits per heavy atom. The second kappa shape index (κ2) is 12.7. The summed E-state index contributed by atoms with van der Waals surface area (Å²) in [6, 6.07) is 22.4. The molecule has 41 heavy (non-hydrogen) atoms. The second-order valence-electron chi connectivity index (χ2n) is 8.57. The van der Waals surface area contributed by atoms with Crippen LogP contribution in [0.1, 0.15) is 27.1 Å². The number of carbonyl (C=O) groups excluding carboxylic acids is 3. The first-order chi connectivity index (χ1) is 19.6. The van der Waals surface area contributed by atoms with E-state index in [-0.39, 0.29) is 27.5 Å². The van der Waals surface area contributed by atoms with Gasteiger partial charge in [-0.2, -0.15) is 5.26 Å². The molecule has 4 rings (SSSR count). The highest BCUT2D eigenvalue weighted by molar-refractivity contribution is 7.99. The minimum Gasteiger partial charge on any atom is -0.321 e. The third kappa shape index (κ3) is 7.29. The smallest absolute Gasteiger partial charge is 0.258 e. The van der Waals surface area contributed by atoms with E-state index in [1.807, 2.05) is 0 Å². The van der Waals surface area contributed by atoms with Crippen molar-refractivity contribution >= 4 is 68.0 Å². The Hall–Kier alpha value is -4.69. The van der Waals surface area contributed by atoms with Crippen molar-refractivity contribution in [2.45, 2.75) is 11.3 Å². The SMILES string of the molecule is C=S(=O)(NC(=O)CC#N)c1ccccc1-c1ccc(C(=O)Nc2ccc(Cl)cc2C(=O)Nc2ccc(Cl)cn2)cc1. The van der Waals surface area contributed by atoms with Crippen LogP contribution >= 0.6 is 23.2 Å². The summed E-state index contributed by atoms with van der Waals surface area (Å²) in [5.74, 6) is 2.21. The molecule has 0 bridgehead atoms. The monoisotopic (exact) mass is 605 g/mol. The highest BCUT2D eigenvalue weighted by Crippen LogP contribution is 2.28. The standard InChI is InChI=1S/C29H21Cl2N5O4S/c1-41(40,36-27(37)14-15-32)25-5-3-2-4-22(25)18-6-8-19(9-7-18)28(38)34-24-12-10-20(30)16-23(24)29(39)35-26-13-11-21(31)17-33-26/h2-13,16-17H,1,14H2,(H,34,38)(H,33,35,39)(H,36,37,40). The summed E-state index contributed by atoms with van der Waals surface area (Å²) in [5, 5.41) is 14.8. The van der Waals surface area contributed by atoms with Gasteiger partial charge in [0.25, 0.3) is 11.8 Å². The molecule has 0 spiro atoms. The van der Waals surface area contributed by atoms with Crippen LogP contribution < -0.4 is 15.4 Å². The molecule has 1 heterocycles. The van der Waals surface area contributed by atoms with E-state index in [4.69, 9.17) is 28.5 Å². The first kappa shape index (κ1) is 29.3. The molecule has 0 saturated heterocycles. The number of amides is 3. The quantitative estimate of drug-likeness (QED) is 0.224. The van der Waals surface area contributed by atoms with E-state index in [9.17, 15) is 18.6 Å². The number of halogens is 2. The van der Waals surface area contributed by atoms with E-state index in [1.165, 1.54) is 24.4 Å². The molecule has 3 N–H and O–H groups in total. The summed E-state index contributed by atoms with van der Waals surface area (Å²) in [5.41, 5.74) is 1.78. The van der Waals surface area contributed by atoms with E-state index >= 15 is 0 Å². The first-order valence-corrected chi connectivity index (χ1v) is 14.3. The Balaban J connectivity index is 1.55. The van der Waals surface area contributed by atoms with Crippen molar-refractivity contribution in [1.82, 2.24) is 9.71 Å². The molecular weight excluding hydrogens is 585 g/mol. The topological polar surface area (TPSA) is 141 Å². The molecule has 12 heteroatoms. The molecule has 0 radical (unpaired) electrons. The van der Waals surface area contributed by atoms with Crippen LogP contribution in [-0.2, 0) is 14.5 Å². The van der Waals surface area contributed by atoms with Gasteiger partial charge in [-0.25, -0.2) is 9.19 Å². The molecule has 3 amide bonds. The molecule has 0 aliphatic rings. The fourth-order valence-corrected chi connectivity index (χ4v) is 5.46. The number of benzene rings is 3. The average molecular weight is 606 g/mol. The van der Waals surface area contributed by atoms with Gasteiger partial charge in [0, 0.05) is 16.8 Å². The number of anilines is 2. The fraction of sp³-hybridized carbons (Fsp3) is 0.0345. The minimum atomic E-state index is -3.26. The zero-order valence-electron chi connectivity index (χ0n) is 21.2. The second-order valence-corrected chi connectivity index (χ2v) is 11.4. The Morgan fingerprint density at radius 1 is 0.902 bits per heavy atom. The summed E-state index contributed by atoms with van der Waals surface area (Å²) < 4.78 is 15.5. The average Bonchev–Trinajstić information content (AvgIpc) is 2.95. The lowest BCUT2D eigenvalue weighted by molar-refractivity contribution is -0.118. The number of nitrogens with zero attached hydrogens (tertiary/aromatic N) is 2. The predicted molar refractivity (Wildman–Crippen MR) is 160 cm³/mol. The third-order valence-corrected chi connectivity index (χ3v) is 7.74. The zero-order valence-corrected chi connectivity index (χ0v) is 23.5. The minimum absolute atomic E-state index is 0.122. The summed E-state index contributed by atoms with van der Waals surface area (Å²) in [4.78, 5) is 42.3. The van der Waals surface area contributed by atoms with Crippen LogP contribution in [-0.4, -0.2) is 32.8 Å². The van der Waals surface area contributed by atoms with Crippen LogP contribution in [0.25, 0.3) is 11.1 Å². The van der Waals surface area contributed by atoms with E-state index in [0.29, 0.717) is 21.2 Å². The summed E-state index contributed by atoms with van der Waals surface area (Å²) in [6.07, 6.45) is 0.938. The van der Waals surface area contributed by atoms with Crippen molar-refractivity contribution in [3.63, 3.8) is 0 Å². The number of hydrogen-bond donors (Lipinski definition) is 3. The van der Waals surface area contributed by atoms with E-state index in [2.05, 4.69) is 26.2 Å². The number of nitriles is 1. The van der Waals surface area contributed by atoms with Crippen molar-refractivity contribution < 1.29 is 18.6 Å². The number of aromatic nitrogens is 1. The molecule has 1 unspecified atom stereocenters. The van der Waals surface area contributed by atoms with Crippen molar-refractivity contribution in [1.29, 1.82) is 5.26 Å². The van der Waals surface area contributed by atoms with Crippen molar-refractivity contribution in [2.24, 2.45) is 0 Å². The Morgan fingerprint density at radius 3 is 2.29 bits per heavy atom. The van der Waals surface area contributed by atoms with Crippen molar-refractivity contribution in [3.05, 3.63) is 106 Å². The molecule has 4 aromatic rings. The molecular formula is C29H21Cl2N5O4S. The highest BCUT2D eigenvalue weighted by Gasteiger charge is 2.18. The van der Waals surface area contributed by atoms with Gasteiger partial charge in [0.2, 0.25) is 5.91 Å². The Labute approximate surface area is 246 Å².